The van der Waals surface area contributed by atoms with Crippen LogP contribution in [0.2, 0.25) is 0 Å². The van der Waals surface area contributed by atoms with Gasteiger partial charge in [0.1, 0.15) is 16.9 Å². The summed E-state index contributed by atoms with van der Waals surface area (Å²) in [4.78, 5) is 25.5. The second kappa shape index (κ2) is 6.86. The summed E-state index contributed by atoms with van der Waals surface area (Å²) in [7, 11) is 3.71. The average molecular weight is 468 g/mol. The van der Waals surface area contributed by atoms with Gasteiger partial charge in [-0.25, -0.2) is 9.97 Å². The number of nitrogens with zero attached hydrogens (tertiary/aromatic N) is 5. The summed E-state index contributed by atoms with van der Waals surface area (Å²) in [5.74, 6) is 4.76. The van der Waals surface area contributed by atoms with Gasteiger partial charge in [-0.05, 0) is 79.7 Å². The van der Waals surface area contributed by atoms with Crippen molar-refractivity contribution in [2.24, 2.45) is 30.7 Å². The normalized spacial score (nSPS) is 26.6. The van der Waals surface area contributed by atoms with E-state index in [1.54, 1.807) is 7.11 Å². The Bertz CT molecular complexity index is 1530. The molecule has 8 rings (SSSR count). The third kappa shape index (κ3) is 2.69. The number of methoxy groups -OCH3 is 1. The summed E-state index contributed by atoms with van der Waals surface area (Å²) in [6, 6.07) is 10.6. The Kier molecular flexibility index (Phi) is 3.90. The van der Waals surface area contributed by atoms with Gasteiger partial charge in [0, 0.05) is 43.3 Å². The maximum atomic E-state index is 13.6. The molecule has 0 bridgehead atoms. The molecule has 3 aromatic heterocycles. The fourth-order valence-corrected chi connectivity index (χ4v) is 7.20. The molecule has 1 unspecified atom stereocenters. The maximum absolute atomic E-state index is 13.6. The molecule has 1 saturated heterocycles. The Morgan fingerprint density at radius 3 is 2.83 bits per heavy atom. The van der Waals surface area contributed by atoms with Gasteiger partial charge in [-0.15, -0.1) is 0 Å². The van der Waals surface area contributed by atoms with Crippen LogP contribution < -0.4 is 4.74 Å². The number of ether oxygens (including phenoxy) is 1. The topological polar surface area (TPSA) is 65.2 Å². The quantitative estimate of drug-likeness (QED) is 0.434. The number of aromatic nitrogens is 4. The first-order valence-electron chi connectivity index (χ1n) is 12.9. The molecule has 0 radical (unpaired) electrons. The highest BCUT2D eigenvalue weighted by Gasteiger charge is 2.61. The van der Waals surface area contributed by atoms with Gasteiger partial charge in [0.15, 0.2) is 5.82 Å². The van der Waals surface area contributed by atoms with Crippen molar-refractivity contribution in [2.45, 2.75) is 38.3 Å². The predicted molar refractivity (Wildman–Crippen MR) is 133 cm³/mol. The van der Waals surface area contributed by atoms with Crippen LogP contribution in [0.3, 0.4) is 0 Å². The van der Waals surface area contributed by atoms with Crippen molar-refractivity contribution in [1.82, 2.24) is 24.0 Å². The lowest BCUT2D eigenvalue weighted by atomic mass is 9.53. The smallest absolute Gasteiger partial charge is 0.254 e. The third-order valence-electron chi connectivity index (χ3n) is 9.20. The van der Waals surface area contributed by atoms with Crippen LogP contribution in [-0.4, -0.2) is 49.6 Å². The Morgan fingerprint density at radius 2 is 2.06 bits per heavy atom. The summed E-state index contributed by atoms with van der Waals surface area (Å²) in [6.45, 7) is 1.87. The minimum absolute atomic E-state index is 0.127. The van der Waals surface area contributed by atoms with Crippen LogP contribution in [0.15, 0.2) is 36.5 Å². The zero-order valence-corrected chi connectivity index (χ0v) is 20.1. The van der Waals surface area contributed by atoms with E-state index in [1.165, 1.54) is 25.7 Å². The van der Waals surface area contributed by atoms with Crippen molar-refractivity contribution in [3.8, 4) is 17.3 Å². The van der Waals surface area contributed by atoms with Gasteiger partial charge in [-0.2, -0.15) is 0 Å². The number of imidazole rings is 1. The maximum Gasteiger partial charge on any atom is 0.254 e. The van der Waals surface area contributed by atoms with E-state index in [0.717, 1.165) is 64.4 Å². The number of benzene rings is 1. The summed E-state index contributed by atoms with van der Waals surface area (Å²) in [6.07, 6.45) is 6.89. The number of hydrogen-bond acceptors (Lipinski definition) is 4. The second-order valence-corrected chi connectivity index (χ2v) is 11.1. The van der Waals surface area contributed by atoms with Gasteiger partial charge in [0.2, 0.25) is 0 Å². The minimum Gasteiger partial charge on any atom is -0.494 e. The molecule has 4 aromatic rings. The molecule has 7 nitrogen and oxygen atoms in total. The summed E-state index contributed by atoms with van der Waals surface area (Å²) in [5.41, 5.74) is 4.47. The molecule has 4 aliphatic rings. The number of rotatable bonds is 5. The number of fused-ring (bicyclic) bond motifs is 2. The van der Waals surface area contributed by atoms with Crippen LogP contribution in [0, 0.1) is 23.7 Å². The van der Waals surface area contributed by atoms with E-state index in [4.69, 9.17) is 9.72 Å². The zero-order chi connectivity index (χ0) is 23.4. The van der Waals surface area contributed by atoms with Crippen LogP contribution in [0.1, 0.15) is 36.0 Å². The van der Waals surface area contributed by atoms with E-state index >= 15 is 0 Å². The lowest BCUT2D eigenvalue weighted by Crippen LogP contribution is -2.53. The average Bonchev–Trinajstić information content (AvgIpc) is 3.52. The Labute approximate surface area is 203 Å². The SMILES string of the molecule is COc1cc(C(=O)N2C[C@H]3CC4C[C@@H]2[C@H]43)cc2nc(-c3cc4cccnc4n3CC3CC3)n(C)c12. The standard InChI is InChI=1S/C28H29N5O2/c1-31-25-20(30-27(31)22-10-16-4-3-7-29-26(16)32(22)13-15-5-6-15)9-18(12-23(25)35-2)28(34)33-14-19-8-17-11-21(33)24(17)19/h3-4,7,9-10,12,15,17,19,21,24H,5-6,8,11,13-14H2,1-2H3/t17?,19-,21-,24-/m1/s1. The molecule has 3 aliphatic carbocycles. The highest BCUT2D eigenvalue weighted by atomic mass is 16.5. The van der Waals surface area contributed by atoms with Crippen LogP contribution in [0.5, 0.6) is 5.75 Å². The van der Waals surface area contributed by atoms with E-state index in [-0.39, 0.29) is 5.91 Å². The molecule has 0 N–H and O–H groups in total. The Morgan fingerprint density at radius 1 is 1.17 bits per heavy atom. The molecule has 0 spiro atoms. The third-order valence-corrected chi connectivity index (χ3v) is 9.20. The summed E-state index contributed by atoms with van der Waals surface area (Å²) in [5, 5.41) is 1.13. The highest BCUT2D eigenvalue weighted by molar-refractivity contribution is 6.00. The number of carbonyl (C=O) groups excluding carboxylic acids is 1. The number of amides is 1. The minimum atomic E-state index is 0.127. The molecule has 178 valence electrons. The molecule has 1 aromatic carbocycles. The van der Waals surface area contributed by atoms with Crippen LogP contribution >= 0.6 is 0 Å². The van der Waals surface area contributed by atoms with Gasteiger partial charge in [-0.1, -0.05) is 0 Å². The van der Waals surface area contributed by atoms with E-state index < -0.39 is 0 Å². The van der Waals surface area contributed by atoms with Crippen molar-refractivity contribution in [3.63, 3.8) is 0 Å². The molecule has 1 aliphatic heterocycles. The van der Waals surface area contributed by atoms with E-state index in [1.807, 2.05) is 31.4 Å². The number of likely N-dealkylation sites (tertiary alicyclic amines) is 1. The Hall–Kier alpha value is -3.35. The van der Waals surface area contributed by atoms with Crippen molar-refractivity contribution < 1.29 is 9.53 Å². The first-order chi connectivity index (χ1) is 17.1. The zero-order valence-electron chi connectivity index (χ0n) is 20.1. The summed E-state index contributed by atoms with van der Waals surface area (Å²) >= 11 is 0. The van der Waals surface area contributed by atoms with Crippen molar-refractivity contribution in [3.05, 3.63) is 42.1 Å². The fourth-order valence-electron chi connectivity index (χ4n) is 7.20. The predicted octanol–water partition coefficient (Wildman–Crippen LogP) is 4.49. The van der Waals surface area contributed by atoms with E-state index in [2.05, 4.69) is 31.2 Å². The number of hydrogen-bond donors (Lipinski definition) is 0. The highest BCUT2D eigenvalue weighted by Crippen LogP contribution is 2.60. The van der Waals surface area contributed by atoms with E-state index in [0.29, 0.717) is 23.3 Å². The molecule has 7 heteroatoms. The van der Waals surface area contributed by atoms with Crippen LogP contribution in [-0.2, 0) is 13.6 Å². The van der Waals surface area contributed by atoms with Crippen molar-refractivity contribution in [1.29, 1.82) is 0 Å². The number of aryl methyl sites for hydroxylation is 1. The molecule has 4 atom stereocenters. The first-order valence-corrected chi connectivity index (χ1v) is 12.9. The van der Waals surface area contributed by atoms with Gasteiger partial charge in [-0.3, -0.25) is 4.79 Å². The van der Waals surface area contributed by atoms with Crippen molar-refractivity contribution in [2.75, 3.05) is 13.7 Å². The molecule has 35 heavy (non-hydrogen) atoms. The van der Waals surface area contributed by atoms with Gasteiger partial charge in [0.05, 0.1) is 18.3 Å². The van der Waals surface area contributed by atoms with Crippen LogP contribution in [0.25, 0.3) is 33.6 Å². The monoisotopic (exact) mass is 467 g/mol. The van der Waals surface area contributed by atoms with E-state index in [9.17, 15) is 4.79 Å². The van der Waals surface area contributed by atoms with Gasteiger partial charge >= 0.3 is 0 Å². The largest absolute Gasteiger partial charge is 0.494 e. The molecule has 3 saturated carbocycles. The van der Waals surface area contributed by atoms with Gasteiger partial charge in [0.25, 0.3) is 5.91 Å². The summed E-state index contributed by atoms with van der Waals surface area (Å²) < 4.78 is 10.2. The molecule has 1 amide bonds. The molecular formula is C28H29N5O2. The molecule has 4 fully saturated rings. The fraction of sp³-hybridized carbons (Fsp3) is 0.464. The molecule has 4 heterocycles. The second-order valence-electron chi connectivity index (χ2n) is 11.1. The molecular weight excluding hydrogens is 438 g/mol. The number of carbonyl (C=O) groups is 1. The lowest BCUT2D eigenvalue weighted by Gasteiger charge is -2.52. The first kappa shape index (κ1) is 19.9. The van der Waals surface area contributed by atoms with Crippen molar-refractivity contribution >= 4 is 28.0 Å². The van der Waals surface area contributed by atoms with Gasteiger partial charge < -0.3 is 18.8 Å². The Balaban J connectivity index is 1.25. The lowest BCUT2D eigenvalue weighted by molar-refractivity contribution is -0.0204. The van der Waals surface area contributed by atoms with Crippen LogP contribution in [0.4, 0.5) is 0 Å². The number of pyridine rings is 1.